The van der Waals surface area contributed by atoms with Gasteiger partial charge in [-0.3, -0.25) is 5.10 Å². The van der Waals surface area contributed by atoms with Gasteiger partial charge in [0.15, 0.2) is 9.50 Å². The fourth-order valence-corrected chi connectivity index (χ4v) is 3.22. The van der Waals surface area contributed by atoms with Crippen LogP contribution in [0, 0.1) is 0 Å². The molecule has 2 aromatic heterocycles. The Hall–Kier alpha value is -1.60. The predicted molar refractivity (Wildman–Crippen MR) is 64.5 cm³/mol. The minimum Gasteiger partial charge on any atom is -0.399 e. The number of rotatable bonds is 2. The van der Waals surface area contributed by atoms with E-state index in [9.17, 15) is 0 Å². The van der Waals surface area contributed by atoms with Crippen molar-refractivity contribution in [2.45, 2.75) is 9.50 Å². The molecule has 5 nitrogen and oxygen atoms in total. The molecule has 16 heavy (non-hydrogen) atoms. The molecule has 0 bridgehead atoms. The van der Waals surface area contributed by atoms with Crippen molar-refractivity contribution in [3.8, 4) is 0 Å². The van der Waals surface area contributed by atoms with E-state index in [1.54, 1.807) is 11.3 Å². The molecule has 3 aromatic rings. The van der Waals surface area contributed by atoms with Crippen molar-refractivity contribution < 1.29 is 0 Å². The summed E-state index contributed by atoms with van der Waals surface area (Å²) in [6, 6.07) is 5.70. The van der Waals surface area contributed by atoms with Gasteiger partial charge in [-0.1, -0.05) is 0 Å². The van der Waals surface area contributed by atoms with Gasteiger partial charge in [-0.2, -0.15) is 5.10 Å². The Balaban J connectivity index is 1.99. The van der Waals surface area contributed by atoms with Gasteiger partial charge in [-0.15, -0.1) is 11.3 Å². The second kappa shape index (κ2) is 3.76. The third kappa shape index (κ3) is 1.74. The maximum Gasteiger partial charge on any atom is 0.190 e. The lowest BCUT2D eigenvalue weighted by Gasteiger charge is -1.88. The molecule has 0 fully saturated rings. The lowest BCUT2D eigenvalue weighted by atomic mass is 10.3. The summed E-state index contributed by atoms with van der Waals surface area (Å²) in [6.07, 6.45) is 1.48. The summed E-state index contributed by atoms with van der Waals surface area (Å²) in [5.41, 5.74) is 7.43. The number of nitrogens with one attached hydrogen (secondary N) is 1. The summed E-state index contributed by atoms with van der Waals surface area (Å²) in [6.45, 7) is 0. The van der Waals surface area contributed by atoms with Crippen LogP contribution in [0.3, 0.4) is 0 Å². The van der Waals surface area contributed by atoms with Gasteiger partial charge >= 0.3 is 0 Å². The summed E-state index contributed by atoms with van der Waals surface area (Å²) in [7, 11) is 0. The Labute approximate surface area is 99.1 Å². The minimum atomic E-state index is 0.743. The van der Waals surface area contributed by atoms with E-state index in [0.717, 1.165) is 25.4 Å². The molecule has 7 heteroatoms. The maximum absolute atomic E-state index is 5.71. The van der Waals surface area contributed by atoms with Crippen LogP contribution in [0.25, 0.3) is 10.2 Å². The fraction of sp³-hybridized carbons (Fsp3) is 0. The van der Waals surface area contributed by atoms with Gasteiger partial charge < -0.3 is 5.73 Å². The number of nitrogens with zero attached hydrogens (tertiary/aromatic N) is 3. The number of H-pyrrole nitrogens is 1. The molecule has 1 aromatic carbocycles. The second-order valence-corrected chi connectivity index (χ2v) is 5.37. The molecular weight excluding hydrogens is 242 g/mol. The normalized spacial score (nSPS) is 11.0. The first-order valence-corrected chi connectivity index (χ1v) is 6.14. The zero-order chi connectivity index (χ0) is 11.0. The largest absolute Gasteiger partial charge is 0.399 e. The molecule has 0 saturated heterocycles. The molecule has 0 aliphatic rings. The van der Waals surface area contributed by atoms with Crippen LogP contribution in [0.2, 0.25) is 0 Å². The summed E-state index contributed by atoms with van der Waals surface area (Å²) < 4.78 is 2.01. The van der Waals surface area contributed by atoms with Crippen LogP contribution in [0.1, 0.15) is 0 Å². The van der Waals surface area contributed by atoms with Gasteiger partial charge in [-0.05, 0) is 30.0 Å². The zero-order valence-corrected chi connectivity index (χ0v) is 9.68. The molecule has 0 unspecified atom stereocenters. The quantitative estimate of drug-likeness (QED) is 0.680. The molecule has 0 amide bonds. The summed E-state index contributed by atoms with van der Waals surface area (Å²) in [5, 5.41) is 7.31. The van der Waals surface area contributed by atoms with Crippen LogP contribution in [0.15, 0.2) is 34.0 Å². The number of hydrogen-bond acceptors (Lipinski definition) is 6. The molecule has 0 spiro atoms. The monoisotopic (exact) mass is 249 g/mol. The van der Waals surface area contributed by atoms with Crippen LogP contribution in [0.4, 0.5) is 5.69 Å². The predicted octanol–water partition coefficient (Wildman–Crippen LogP) is 2.15. The molecule has 80 valence electrons. The lowest BCUT2D eigenvalue weighted by Crippen LogP contribution is -1.81. The lowest BCUT2D eigenvalue weighted by molar-refractivity contribution is 0.972. The van der Waals surface area contributed by atoms with Gasteiger partial charge in [0.25, 0.3) is 0 Å². The number of aromatic nitrogens is 4. The number of aromatic amines is 1. The van der Waals surface area contributed by atoms with Gasteiger partial charge in [0.1, 0.15) is 6.33 Å². The molecule has 2 heterocycles. The van der Waals surface area contributed by atoms with Crippen LogP contribution in [-0.4, -0.2) is 20.2 Å². The Morgan fingerprint density at radius 2 is 2.31 bits per heavy atom. The van der Waals surface area contributed by atoms with E-state index in [1.807, 2.05) is 18.2 Å². The standard InChI is InChI=1S/C9H7N5S2/c10-5-1-2-6-7(3-5)15-9(13-6)16-8-11-4-12-14-8/h1-4H,10H2,(H,11,12,14). The molecule has 3 N–H and O–H groups in total. The third-order valence-corrected chi connectivity index (χ3v) is 3.94. The van der Waals surface area contributed by atoms with Gasteiger partial charge in [0, 0.05) is 5.69 Å². The van der Waals surface area contributed by atoms with E-state index in [2.05, 4.69) is 20.2 Å². The number of nitrogen functional groups attached to an aromatic ring is 1. The van der Waals surface area contributed by atoms with Gasteiger partial charge in [0.2, 0.25) is 0 Å². The van der Waals surface area contributed by atoms with E-state index in [4.69, 9.17) is 5.73 Å². The highest BCUT2D eigenvalue weighted by atomic mass is 32.2. The number of benzene rings is 1. The van der Waals surface area contributed by atoms with Crippen molar-refractivity contribution >= 4 is 39.0 Å². The van der Waals surface area contributed by atoms with Gasteiger partial charge in [-0.25, -0.2) is 9.97 Å². The number of thiazole rings is 1. The van der Waals surface area contributed by atoms with E-state index in [0.29, 0.717) is 0 Å². The van der Waals surface area contributed by atoms with E-state index in [-0.39, 0.29) is 0 Å². The molecule has 3 rings (SSSR count). The highest BCUT2D eigenvalue weighted by Crippen LogP contribution is 2.33. The van der Waals surface area contributed by atoms with Crippen molar-refractivity contribution in [2.75, 3.05) is 5.73 Å². The van der Waals surface area contributed by atoms with Crippen molar-refractivity contribution in [1.82, 2.24) is 20.2 Å². The Morgan fingerprint density at radius 3 is 3.12 bits per heavy atom. The van der Waals surface area contributed by atoms with Crippen LogP contribution in [-0.2, 0) is 0 Å². The van der Waals surface area contributed by atoms with E-state index < -0.39 is 0 Å². The summed E-state index contributed by atoms with van der Waals surface area (Å²) in [5.74, 6) is 0. The van der Waals surface area contributed by atoms with Crippen LogP contribution < -0.4 is 5.73 Å². The first-order chi connectivity index (χ1) is 7.81. The first kappa shape index (κ1) is 9.61. The highest BCUT2D eigenvalue weighted by molar-refractivity contribution is 8.01. The zero-order valence-electron chi connectivity index (χ0n) is 8.04. The Bertz CT molecular complexity index is 616. The Morgan fingerprint density at radius 1 is 1.38 bits per heavy atom. The van der Waals surface area contributed by atoms with Gasteiger partial charge in [0.05, 0.1) is 10.2 Å². The highest BCUT2D eigenvalue weighted by Gasteiger charge is 2.07. The van der Waals surface area contributed by atoms with E-state index >= 15 is 0 Å². The summed E-state index contributed by atoms with van der Waals surface area (Å²) in [4.78, 5) is 8.50. The topological polar surface area (TPSA) is 80.5 Å². The van der Waals surface area contributed by atoms with Crippen molar-refractivity contribution in [2.24, 2.45) is 0 Å². The molecule has 0 aliphatic heterocycles. The minimum absolute atomic E-state index is 0.743. The fourth-order valence-electron chi connectivity index (χ4n) is 1.29. The number of hydrogen-bond donors (Lipinski definition) is 2. The Kier molecular flexibility index (Phi) is 2.26. The van der Waals surface area contributed by atoms with Crippen molar-refractivity contribution in [1.29, 1.82) is 0 Å². The van der Waals surface area contributed by atoms with Crippen LogP contribution >= 0.6 is 23.1 Å². The molecule has 0 radical (unpaired) electrons. The number of fused-ring (bicyclic) bond motifs is 1. The average molecular weight is 249 g/mol. The first-order valence-electron chi connectivity index (χ1n) is 4.50. The number of nitrogens with two attached hydrogens (primary N) is 1. The molecule has 0 aliphatic carbocycles. The summed E-state index contributed by atoms with van der Waals surface area (Å²) >= 11 is 3.06. The smallest absolute Gasteiger partial charge is 0.190 e. The number of anilines is 1. The van der Waals surface area contributed by atoms with Crippen LogP contribution in [0.5, 0.6) is 0 Å². The SMILES string of the molecule is Nc1ccc2nc(Sc3ncn[nH]3)sc2c1. The average Bonchev–Trinajstić information content (AvgIpc) is 2.86. The molecule has 0 atom stereocenters. The maximum atomic E-state index is 5.71. The molecular formula is C9H7N5S2. The van der Waals surface area contributed by atoms with Crippen molar-refractivity contribution in [3.63, 3.8) is 0 Å². The third-order valence-electron chi connectivity index (χ3n) is 1.97. The van der Waals surface area contributed by atoms with E-state index in [1.165, 1.54) is 18.1 Å². The molecule has 0 saturated carbocycles. The van der Waals surface area contributed by atoms with Crippen molar-refractivity contribution in [3.05, 3.63) is 24.5 Å². The second-order valence-electron chi connectivity index (χ2n) is 3.10.